The van der Waals surface area contributed by atoms with Crippen molar-refractivity contribution in [2.75, 3.05) is 40.3 Å². The number of ether oxygens (including phenoxy) is 1. The number of hydrogen-bond donors (Lipinski definition) is 1. The van der Waals surface area contributed by atoms with Crippen LogP contribution in [0.4, 0.5) is 0 Å². The number of aromatic nitrogens is 2. The summed E-state index contributed by atoms with van der Waals surface area (Å²) in [6.07, 6.45) is 7.17. The van der Waals surface area contributed by atoms with Gasteiger partial charge in [-0.15, -0.1) is 0 Å². The number of aromatic amines is 1. The van der Waals surface area contributed by atoms with Crippen LogP contribution in [-0.2, 0) is 13.0 Å². The van der Waals surface area contributed by atoms with Crippen molar-refractivity contribution in [3.63, 3.8) is 0 Å². The van der Waals surface area contributed by atoms with E-state index >= 15 is 0 Å². The van der Waals surface area contributed by atoms with Gasteiger partial charge in [0, 0.05) is 73.7 Å². The van der Waals surface area contributed by atoms with Crippen LogP contribution in [0.15, 0.2) is 67.0 Å². The van der Waals surface area contributed by atoms with Crippen molar-refractivity contribution in [1.82, 2.24) is 19.8 Å². The molecule has 2 aliphatic rings. The van der Waals surface area contributed by atoms with Gasteiger partial charge in [0.05, 0.1) is 12.8 Å². The zero-order valence-electron chi connectivity index (χ0n) is 19.8. The number of methoxy groups -OCH3 is 1. The van der Waals surface area contributed by atoms with Crippen LogP contribution in [-0.4, -0.2) is 60.1 Å². The van der Waals surface area contributed by atoms with E-state index in [1.807, 2.05) is 12.4 Å². The molecule has 0 unspecified atom stereocenters. The molecule has 2 aromatic heterocycles. The van der Waals surface area contributed by atoms with Crippen molar-refractivity contribution in [2.24, 2.45) is 0 Å². The van der Waals surface area contributed by atoms with Crippen LogP contribution in [0.3, 0.4) is 0 Å². The van der Waals surface area contributed by atoms with Crippen LogP contribution in [0.5, 0.6) is 5.75 Å². The van der Waals surface area contributed by atoms with Gasteiger partial charge in [-0.3, -0.25) is 9.88 Å². The van der Waals surface area contributed by atoms with Gasteiger partial charge in [-0.1, -0.05) is 24.3 Å². The van der Waals surface area contributed by atoms with Gasteiger partial charge in [-0.05, 0) is 59.5 Å². The number of nitrogens with one attached hydrogen (secondary N) is 1. The predicted molar refractivity (Wildman–Crippen MR) is 138 cm³/mol. The van der Waals surface area contributed by atoms with Crippen molar-refractivity contribution in [1.29, 1.82) is 0 Å². The lowest BCUT2D eigenvalue weighted by atomic mass is 9.96. The quantitative estimate of drug-likeness (QED) is 0.466. The van der Waals surface area contributed by atoms with Gasteiger partial charge in [0.25, 0.3) is 0 Å². The Balaban J connectivity index is 1.29. The number of allylic oxidation sites excluding steroid dienone is 1. The highest BCUT2D eigenvalue weighted by molar-refractivity contribution is 5.91. The number of rotatable bonds is 5. The fraction of sp³-hybridized carbons (Fsp3) is 0.276. The van der Waals surface area contributed by atoms with E-state index < -0.39 is 0 Å². The summed E-state index contributed by atoms with van der Waals surface area (Å²) >= 11 is 0. The first kappa shape index (κ1) is 21.1. The number of piperazine rings is 1. The minimum Gasteiger partial charge on any atom is -0.496 e. The van der Waals surface area contributed by atoms with E-state index in [1.165, 1.54) is 33.2 Å². The number of pyridine rings is 1. The number of H-pyrrole nitrogens is 1. The number of hydrogen-bond acceptors (Lipinski definition) is 4. The maximum atomic E-state index is 5.81. The zero-order valence-corrected chi connectivity index (χ0v) is 19.8. The highest BCUT2D eigenvalue weighted by Gasteiger charge is 2.20. The molecule has 6 rings (SSSR count). The Morgan fingerprint density at radius 1 is 0.941 bits per heavy atom. The van der Waals surface area contributed by atoms with E-state index in [1.54, 1.807) is 7.11 Å². The second-order valence-electron chi connectivity index (χ2n) is 9.43. The topological polar surface area (TPSA) is 44.4 Å². The summed E-state index contributed by atoms with van der Waals surface area (Å²) in [6.45, 7) is 5.36. The first-order valence-electron chi connectivity index (χ1n) is 12.0. The molecule has 1 fully saturated rings. The molecule has 0 spiro atoms. The molecule has 4 aromatic rings. The maximum Gasteiger partial charge on any atom is 0.123 e. The average Bonchev–Trinajstić information content (AvgIpc) is 3.51. The Morgan fingerprint density at radius 3 is 2.65 bits per heavy atom. The normalized spacial score (nSPS) is 16.6. The van der Waals surface area contributed by atoms with Crippen LogP contribution >= 0.6 is 0 Å². The minimum absolute atomic E-state index is 0.878. The molecule has 1 aliphatic carbocycles. The van der Waals surface area contributed by atoms with Crippen molar-refractivity contribution >= 4 is 16.5 Å². The third-order valence-electron chi connectivity index (χ3n) is 7.23. The summed E-state index contributed by atoms with van der Waals surface area (Å²) in [6, 6.07) is 17.6. The van der Waals surface area contributed by atoms with Crippen molar-refractivity contribution < 1.29 is 4.74 Å². The molecule has 1 N–H and O–H groups in total. The van der Waals surface area contributed by atoms with Crippen LogP contribution in [0.25, 0.3) is 27.6 Å². The largest absolute Gasteiger partial charge is 0.496 e. The fourth-order valence-electron chi connectivity index (χ4n) is 5.15. The summed E-state index contributed by atoms with van der Waals surface area (Å²) in [5.41, 5.74) is 9.55. The molecule has 0 atom stereocenters. The number of fused-ring (bicyclic) bond motifs is 2. The molecule has 2 aromatic carbocycles. The highest BCUT2D eigenvalue weighted by atomic mass is 16.5. The van der Waals surface area contributed by atoms with E-state index in [0.717, 1.165) is 61.7 Å². The summed E-state index contributed by atoms with van der Waals surface area (Å²) in [4.78, 5) is 13.0. The molecule has 5 nitrogen and oxygen atoms in total. The van der Waals surface area contributed by atoms with Gasteiger partial charge in [0.2, 0.25) is 0 Å². The smallest absolute Gasteiger partial charge is 0.123 e. The molecular weight excluding hydrogens is 420 g/mol. The van der Waals surface area contributed by atoms with Crippen LogP contribution in [0.2, 0.25) is 0 Å². The molecule has 34 heavy (non-hydrogen) atoms. The monoisotopic (exact) mass is 450 g/mol. The number of benzene rings is 2. The molecular formula is C29H30N4O. The standard InChI is InChI=1S/C29H30N4O/c1-32-11-13-33(14-12-32)19-23-4-3-20(17-29(23)34-2)24-16-26-25(6-8-28(26)31-18-24)21-5-7-27-22(15-21)9-10-30-27/h3-7,9-10,15-18,30H,8,11-14,19H2,1-2H3. The van der Waals surface area contributed by atoms with E-state index in [-0.39, 0.29) is 0 Å². The Kier molecular flexibility index (Phi) is 5.44. The molecule has 1 aliphatic heterocycles. The first-order chi connectivity index (χ1) is 16.7. The number of nitrogens with zero attached hydrogens (tertiary/aromatic N) is 3. The van der Waals surface area contributed by atoms with E-state index in [0.29, 0.717) is 0 Å². The number of likely N-dealkylation sites (N-methyl/N-ethyl adjacent to an activating group) is 1. The van der Waals surface area contributed by atoms with Crippen LogP contribution < -0.4 is 4.74 Å². The lowest BCUT2D eigenvalue weighted by molar-refractivity contribution is 0.147. The van der Waals surface area contributed by atoms with Gasteiger partial charge in [0.1, 0.15) is 5.75 Å². The van der Waals surface area contributed by atoms with Crippen LogP contribution in [0.1, 0.15) is 22.4 Å². The molecule has 0 saturated carbocycles. The zero-order chi connectivity index (χ0) is 23.1. The Hall–Kier alpha value is -3.41. The maximum absolute atomic E-state index is 5.81. The predicted octanol–water partition coefficient (Wildman–Crippen LogP) is 4.97. The third kappa shape index (κ3) is 3.91. The fourth-order valence-corrected chi connectivity index (χ4v) is 5.15. The van der Waals surface area contributed by atoms with Gasteiger partial charge in [-0.2, -0.15) is 0 Å². The third-order valence-corrected chi connectivity index (χ3v) is 7.23. The van der Waals surface area contributed by atoms with Gasteiger partial charge < -0.3 is 14.6 Å². The molecule has 0 bridgehead atoms. The molecule has 3 heterocycles. The molecule has 5 heteroatoms. The highest BCUT2D eigenvalue weighted by Crippen LogP contribution is 2.36. The van der Waals surface area contributed by atoms with E-state index in [9.17, 15) is 0 Å². The second-order valence-corrected chi connectivity index (χ2v) is 9.43. The minimum atomic E-state index is 0.878. The Labute approximate surface area is 200 Å². The molecule has 1 saturated heterocycles. The molecule has 172 valence electrons. The SMILES string of the molecule is COc1cc(-c2cnc3c(c2)C(c2ccc4[nH]ccc4c2)=CC3)ccc1CN1CCN(C)CC1. The van der Waals surface area contributed by atoms with Gasteiger partial charge in [0.15, 0.2) is 0 Å². The van der Waals surface area contributed by atoms with E-state index in [4.69, 9.17) is 9.72 Å². The average molecular weight is 451 g/mol. The van der Waals surface area contributed by atoms with Crippen molar-refractivity contribution in [2.45, 2.75) is 13.0 Å². The summed E-state index contributed by atoms with van der Waals surface area (Å²) in [5, 5.41) is 1.23. The van der Waals surface area contributed by atoms with Crippen LogP contribution in [0, 0.1) is 0 Å². The molecule has 0 radical (unpaired) electrons. The van der Waals surface area contributed by atoms with Crippen molar-refractivity contribution in [3.05, 3.63) is 89.4 Å². The summed E-state index contributed by atoms with van der Waals surface area (Å²) < 4.78 is 5.81. The summed E-state index contributed by atoms with van der Waals surface area (Å²) in [5.74, 6) is 0.950. The Morgan fingerprint density at radius 2 is 1.79 bits per heavy atom. The van der Waals surface area contributed by atoms with Crippen molar-refractivity contribution in [3.8, 4) is 16.9 Å². The second kappa shape index (κ2) is 8.75. The lowest BCUT2D eigenvalue weighted by Crippen LogP contribution is -2.43. The van der Waals surface area contributed by atoms with Gasteiger partial charge in [-0.25, -0.2) is 0 Å². The van der Waals surface area contributed by atoms with Gasteiger partial charge >= 0.3 is 0 Å². The first-order valence-corrected chi connectivity index (χ1v) is 12.0. The Bertz CT molecular complexity index is 1380. The summed E-state index contributed by atoms with van der Waals surface area (Å²) in [7, 11) is 3.96. The molecule has 0 amide bonds. The lowest BCUT2D eigenvalue weighted by Gasteiger charge is -2.32. The van der Waals surface area contributed by atoms with E-state index in [2.05, 4.69) is 76.4 Å².